The van der Waals surface area contributed by atoms with E-state index in [-0.39, 0.29) is 11.8 Å². The smallest absolute Gasteiger partial charge is 0.214 e. The molecule has 2 N–H and O–H groups in total. The first-order chi connectivity index (χ1) is 6.45. The van der Waals surface area contributed by atoms with Crippen LogP contribution in [0.25, 0.3) is 0 Å². The Morgan fingerprint density at radius 3 is 2.21 bits per heavy atom. The average Bonchev–Trinajstić information content (AvgIpc) is 2.04. The number of nitrogens with zero attached hydrogens (tertiary/aromatic N) is 1. The Morgan fingerprint density at radius 1 is 1.29 bits per heavy atom. The second kappa shape index (κ2) is 6.37. The van der Waals surface area contributed by atoms with Crippen molar-refractivity contribution in [3.05, 3.63) is 0 Å². The zero-order valence-corrected chi connectivity index (χ0v) is 10.2. The molecule has 0 fully saturated rings. The summed E-state index contributed by atoms with van der Waals surface area (Å²) in [6, 6.07) is 0.0443. The van der Waals surface area contributed by atoms with Gasteiger partial charge in [0.15, 0.2) is 0 Å². The molecule has 0 amide bonds. The molecule has 0 aromatic rings. The second-order valence-electron chi connectivity index (χ2n) is 3.61. The standard InChI is InChI=1S/C9H22N2O2S/c1-4-11(9(2)3)14(12,13)8-6-5-7-10/h9H,4-8,10H2,1-3H3. The Bertz CT molecular complexity index is 237. The van der Waals surface area contributed by atoms with Crippen molar-refractivity contribution in [2.75, 3.05) is 18.8 Å². The van der Waals surface area contributed by atoms with Crippen LogP contribution >= 0.6 is 0 Å². The van der Waals surface area contributed by atoms with Crippen molar-refractivity contribution >= 4 is 10.0 Å². The highest BCUT2D eigenvalue weighted by Crippen LogP contribution is 2.08. The number of sulfonamides is 1. The van der Waals surface area contributed by atoms with E-state index in [0.717, 1.165) is 6.42 Å². The van der Waals surface area contributed by atoms with E-state index in [1.165, 1.54) is 4.31 Å². The first-order valence-electron chi connectivity index (χ1n) is 5.15. The Morgan fingerprint density at radius 2 is 1.86 bits per heavy atom. The van der Waals surface area contributed by atoms with Crippen molar-refractivity contribution in [3.63, 3.8) is 0 Å². The molecule has 0 bridgehead atoms. The van der Waals surface area contributed by atoms with Gasteiger partial charge in [0.2, 0.25) is 10.0 Å². The third-order valence-electron chi connectivity index (χ3n) is 2.10. The highest BCUT2D eigenvalue weighted by atomic mass is 32.2. The molecular formula is C9H22N2O2S. The molecule has 0 radical (unpaired) electrons. The molecule has 4 nitrogen and oxygen atoms in total. The van der Waals surface area contributed by atoms with Gasteiger partial charge in [-0.25, -0.2) is 8.42 Å². The maximum Gasteiger partial charge on any atom is 0.214 e. The van der Waals surface area contributed by atoms with Crippen molar-refractivity contribution in [2.24, 2.45) is 5.73 Å². The molecule has 0 rings (SSSR count). The van der Waals surface area contributed by atoms with Gasteiger partial charge >= 0.3 is 0 Å². The van der Waals surface area contributed by atoms with Crippen LogP contribution in [-0.2, 0) is 10.0 Å². The number of unbranched alkanes of at least 4 members (excludes halogenated alkanes) is 1. The van der Waals surface area contributed by atoms with E-state index in [1.54, 1.807) is 0 Å². The summed E-state index contributed by atoms with van der Waals surface area (Å²) in [5.41, 5.74) is 5.32. The summed E-state index contributed by atoms with van der Waals surface area (Å²) < 4.78 is 25.1. The summed E-state index contributed by atoms with van der Waals surface area (Å²) in [7, 11) is -3.07. The molecule has 0 aliphatic rings. The zero-order chi connectivity index (χ0) is 11.2. The molecule has 14 heavy (non-hydrogen) atoms. The predicted octanol–water partition coefficient (Wildman–Crippen LogP) is 0.785. The van der Waals surface area contributed by atoms with Gasteiger partial charge in [0.25, 0.3) is 0 Å². The minimum absolute atomic E-state index is 0.0443. The Hall–Kier alpha value is -0.130. The van der Waals surface area contributed by atoms with Gasteiger partial charge in [0, 0.05) is 12.6 Å². The predicted molar refractivity (Wildman–Crippen MR) is 59.6 cm³/mol. The van der Waals surface area contributed by atoms with Crippen molar-refractivity contribution in [1.29, 1.82) is 0 Å². The largest absolute Gasteiger partial charge is 0.330 e. The zero-order valence-electron chi connectivity index (χ0n) is 9.36. The lowest BCUT2D eigenvalue weighted by Crippen LogP contribution is -2.38. The van der Waals surface area contributed by atoms with Gasteiger partial charge in [-0.3, -0.25) is 0 Å². The van der Waals surface area contributed by atoms with E-state index < -0.39 is 10.0 Å². The summed E-state index contributed by atoms with van der Waals surface area (Å²) in [6.07, 6.45) is 1.43. The topological polar surface area (TPSA) is 63.4 Å². The van der Waals surface area contributed by atoms with Gasteiger partial charge in [0.05, 0.1) is 5.75 Å². The number of hydrogen-bond donors (Lipinski definition) is 1. The molecular weight excluding hydrogens is 200 g/mol. The summed E-state index contributed by atoms with van der Waals surface area (Å²) in [5.74, 6) is 0.218. The van der Waals surface area contributed by atoms with Gasteiger partial charge in [-0.2, -0.15) is 4.31 Å². The van der Waals surface area contributed by atoms with Crippen LogP contribution in [0.4, 0.5) is 0 Å². The summed E-state index contributed by atoms with van der Waals surface area (Å²) in [6.45, 7) is 6.75. The van der Waals surface area contributed by atoms with Crippen molar-refractivity contribution in [2.45, 2.75) is 39.7 Å². The molecule has 0 aliphatic heterocycles. The fourth-order valence-corrected chi connectivity index (χ4v) is 3.27. The molecule has 0 saturated carbocycles. The summed E-state index contributed by atoms with van der Waals surface area (Å²) in [4.78, 5) is 0. The minimum Gasteiger partial charge on any atom is -0.330 e. The molecule has 0 aromatic carbocycles. The lowest BCUT2D eigenvalue weighted by molar-refractivity contribution is 0.368. The molecule has 0 heterocycles. The van der Waals surface area contributed by atoms with Gasteiger partial charge in [0.1, 0.15) is 0 Å². The summed E-state index contributed by atoms with van der Waals surface area (Å²) in [5, 5.41) is 0. The normalized spacial score (nSPS) is 12.7. The van der Waals surface area contributed by atoms with E-state index in [9.17, 15) is 8.42 Å². The number of hydrogen-bond acceptors (Lipinski definition) is 3. The molecule has 0 aliphatic carbocycles. The highest BCUT2D eigenvalue weighted by Gasteiger charge is 2.22. The monoisotopic (exact) mass is 222 g/mol. The van der Waals surface area contributed by atoms with Gasteiger partial charge in [-0.15, -0.1) is 0 Å². The fraction of sp³-hybridized carbons (Fsp3) is 1.00. The van der Waals surface area contributed by atoms with Crippen LogP contribution in [0.1, 0.15) is 33.6 Å². The Labute approximate surface area is 87.5 Å². The lowest BCUT2D eigenvalue weighted by Gasteiger charge is -2.24. The van der Waals surface area contributed by atoms with Crippen LogP contribution in [0.2, 0.25) is 0 Å². The van der Waals surface area contributed by atoms with Crippen LogP contribution in [0.5, 0.6) is 0 Å². The molecule has 0 aromatic heterocycles. The van der Waals surface area contributed by atoms with E-state index >= 15 is 0 Å². The fourth-order valence-electron chi connectivity index (χ4n) is 1.43. The SMILES string of the molecule is CCN(C(C)C)S(=O)(=O)CCCCN. The van der Waals surface area contributed by atoms with E-state index in [4.69, 9.17) is 5.73 Å². The third-order valence-corrected chi connectivity index (χ3v) is 4.30. The van der Waals surface area contributed by atoms with Crippen molar-refractivity contribution < 1.29 is 8.42 Å². The Kier molecular flexibility index (Phi) is 6.31. The molecule has 5 heteroatoms. The number of nitrogens with two attached hydrogens (primary N) is 1. The van der Waals surface area contributed by atoms with Crippen LogP contribution in [0, 0.1) is 0 Å². The highest BCUT2D eigenvalue weighted by molar-refractivity contribution is 7.89. The second-order valence-corrected chi connectivity index (χ2v) is 5.65. The first-order valence-corrected chi connectivity index (χ1v) is 6.76. The maximum atomic E-state index is 11.8. The maximum absolute atomic E-state index is 11.8. The van der Waals surface area contributed by atoms with Gasteiger partial charge in [-0.05, 0) is 33.2 Å². The van der Waals surface area contributed by atoms with Crippen LogP contribution in [0.3, 0.4) is 0 Å². The number of rotatable bonds is 7. The van der Waals surface area contributed by atoms with Crippen LogP contribution in [-0.4, -0.2) is 37.6 Å². The van der Waals surface area contributed by atoms with Crippen LogP contribution < -0.4 is 5.73 Å². The first kappa shape index (κ1) is 13.9. The van der Waals surface area contributed by atoms with Crippen molar-refractivity contribution in [3.8, 4) is 0 Å². The minimum atomic E-state index is -3.07. The molecule has 0 unspecified atom stereocenters. The third kappa shape index (κ3) is 4.39. The lowest BCUT2D eigenvalue weighted by atomic mass is 10.3. The van der Waals surface area contributed by atoms with E-state index in [0.29, 0.717) is 19.5 Å². The molecule has 0 spiro atoms. The van der Waals surface area contributed by atoms with E-state index in [2.05, 4.69) is 0 Å². The van der Waals surface area contributed by atoms with E-state index in [1.807, 2.05) is 20.8 Å². The van der Waals surface area contributed by atoms with Gasteiger partial charge in [-0.1, -0.05) is 6.92 Å². The van der Waals surface area contributed by atoms with Crippen LogP contribution in [0.15, 0.2) is 0 Å². The molecule has 86 valence electrons. The Balaban J connectivity index is 4.28. The van der Waals surface area contributed by atoms with Crippen molar-refractivity contribution in [1.82, 2.24) is 4.31 Å². The summed E-state index contributed by atoms with van der Waals surface area (Å²) >= 11 is 0. The quantitative estimate of drug-likeness (QED) is 0.648. The van der Waals surface area contributed by atoms with Gasteiger partial charge < -0.3 is 5.73 Å². The molecule has 0 atom stereocenters. The average molecular weight is 222 g/mol. The molecule has 0 saturated heterocycles.